The molecule has 1 N–H and O–H groups in total. The molecule has 1 aromatic carbocycles. The fourth-order valence-electron chi connectivity index (χ4n) is 2.24. The van der Waals surface area contributed by atoms with Gasteiger partial charge in [-0.15, -0.1) is 11.3 Å². The topological polar surface area (TPSA) is 47.3 Å². The van der Waals surface area contributed by atoms with Crippen LogP contribution in [0.2, 0.25) is 0 Å². The average Bonchev–Trinajstić information content (AvgIpc) is 3.10. The van der Waals surface area contributed by atoms with E-state index in [1.165, 1.54) is 0 Å². The van der Waals surface area contributed by atoms with Gasteiger partial charge in [-0.1, -0.05) is 12.1 Å². The van der Waals surface area contributed by atoms with Crippen molar-refractivity contribution in [3.8, 4) is 5.75 Å². The van der Waals surface area contributed by atoms with Crippen molar-refractivity contribution in [2.45, 2.75) is 12.5 Å². The van der Waals surface area contributed by atoms with Crippen molar-refractivity contribution in [2.24, 2.45) is 0 Å². The van der Waals surface area contributed by atoms with E-state index < -0.39 is 0 Å². The number of nitrogens with zero attached hydrogens (tertiary/aromatic N) is 1. The van der Waals surface area contributed by atoms with Gasteiger partial charge in [0.05, 0.1) is 18.0 Å². The van der Waals surface area contributed by atoms with Crippen LogP contribution in [0.15, 0.2) is 40.1 Å². The summed E-state index contributed by atoms with van der Waals surface area (Å²) in [7, 11) is 3.63. The molecule has 0 aliphatic heterocycles. The van der Waals surface area contributed by atoms with Gasteiger partial charge in [0.25, 0.3) is 0 Å². The van der Waals surface area contributed by atoms with Gasteiger partial charge in [0.1, 0.15) is 11.3 Å². The summed E-state index contributed by atoms with van der Waals surface area (Å²) in [5.74, 6) is 1.64. The summed E-state index contributed by atoms with van der Waals surface area (Å²) < 4.78 is 11.2. The number of rotatable bonds is 5. The van der Waals surface area contributed by atoms with Crippen LogP contribution < -0.4 is 10.1 Å². The fraction of sp³-hybridized carbons (Fsp3) is 0.267. The second-order valence-corrected chi connectivity index (χ2v) is 5.42. The van der Waals surface area contributed by atoms with Gasteiger partial charge < -0.3 is 14.5 Å². The van der Waals surface area contributed by atoms with Crippen LogP contribution in [0.5, 0.6) is 5.75 Å². The first kappa shape index (κ1) is 13.1. The lowest BCUT2D eigenvalue weighted by Crippen LogP contribution is -2.18. The van der Waals surface area contributed by atoms with Crippen LogP contribution in [0.3, 0.4) is 0 Å². The number of nitrogens with one attached hydrogen (secondary N) is 1. The number of fused-ring (bicyclic) bond motifs is 1. The molecule has 0 saturated carbocycles. The number of methoxy groups -OCH3 is 1. The number of thiophene rings is 1. The fourth-order valence-corrected chi connectivity index (χ4v) is 3.21. The molecule has 4 nitrogen and oxygen atoms in total. The highest BCUT2D eigenvalue weighted by molar-refractivity contribution is 7.10. The predicted molar refractivity (Wildman–Crippen MR) is 80.4 cm³/mol. The first-order valence-corrected chi connectivity index (χ1v) is 7.33. The largest absolute Gasteiger partial charge is 0.496 e. The smallest absolute Gasteiger partial charge is 0.197 e. The van der Waals surface area contributed by atoms with E-state index in [1.54, 1.807) is 18.4 Å². The highest BCUT2D eigenvalue weighted by Crippen LogP contribution is 2.32. The Morgan fingerprint density at radius 1 is 1.35 bits per heavy atom. The number of likely N-dealkylation sites (N-methyl/N-ethyl adjacent to an activating group) is 1. The van der Waals surface area contributed by atoms with Crippen LogP contribution in [0.1, 0.15) is 16.8 Å². The second kappa shape index (κ2) is 5.64. The Kier molecular flexibility index (Phi) is 3.71. The van der Waals surface area contributed by atoms with Crippen molar-refractivity contribution in [1.82, 2.24) is 10.3 Å². The summed E-state index contributed by atoms with van der Waals surface area (Å²) >= 11 is 1.68. The van der Waals surface area contributed by atoms with Crippen molar-refractivity contribution in [1.29, 1.82) is 0 Å². The number of hydrogen-bond donors (Lipinski definition) is 1. The zero-order valence-corrected chi connectivity index (χ0v) is 12.2. The Morgan fingerprint density at radius 2 is 2.20 bits per heavy atom. The van der Waals surface area contributed by atoms with Crippen molar-refractivity contribution in [3.63, 3.8) is 0 Å². The van der Waals surface area contributed by atoms with E-state index >= 15 is 0 Å². The van der Waals surface area contributed by atoms with E-state index in [0.717, 1.165) is 27.6 Å². The van der Waals surface area contributed by atoms with E-state index in [9.17, 15) is 0 Å². The minimum Gasteiger partial charge on any atom is -0.496 e. The van der Waals surface area contributed by atoms with Crippen LogP contribution in [0.4, 0.5) is 0 Å². The predicted octanol–water partition coefficient (Wildman–Crippen LogP) is 3.40. The maximum absolute atomic E-state index is 5.78. The number of para-hydroxylation sites is 2. The first-order valence-electron chi connectivity index (χ1n) is 6.45. The normalized spacial score (nSPS) is 12.7. The SMILES string of the molecule is CNC(Cc1nc2ccccc2o1)c1sccc1OC. The van der Waals surface area contributed by atoms with Gasteiger partial charge in [-0.05, 0) is 30.6 Å². The molecule has 20 heavy (non-hydrogen) atoms. The summed E-state index contributed by atoms with van der Waals surface area (Å²) in [5.41, 5.74) is 1.73. The minimum atomic E-state index is 0.137. The molecular formula is C15H16N2O2S. The standard InChI is InChI=1S/C15H16N2O2S/c1-16-11(15-13(18-2)7-8-20-15)9-14-17-10-5-3-4-6-12(10)19-14/h3-8,11,16H,9H2,1-2H3. The molecule has 0 fully saturated rings. The summed E-state index contributed by atoms with van der Waals surface area (Å²) in [6, 6.07) is 9.94. The molecule has 2 aromatic heterocycles. The monoisotopic (exact) mass is 288 g/mol. The van der Waals surface area contributed by atoms with Gasteiger partial charge in [0.15, 0.2) is 11.5 Å². The van der Waals surface area contributed by atoms with Gasteiger partial charge in [-0.3, -0.25) is 0 Å². The highest BCUT2D eigenvalue weighted by atomic mass is 32.1. The van der Waals surface area contributed by atoms with Gasteiger partial charge >= 0.3 is 0 Å². The Labute approximate surface area is 121 Å². The number of ether oxygens (including phenoxy) is 1. The minimum absolute atomic E-state index is 0.137. The third kappa shape index (κ3) is 2.42. The molecule has 0 aliphatic rings. The van der Waals surface area contributed by atoms with Gasteiger partial charge in [-0.2, -0.15) is 0 Å². The van der Waals surface area contributed by atoms with Crippen molar-refractivity contribution in [3.05, 3.63) is 46.5 Å². The zero-order valence-electron chi connectivity index (χ0n) is 11.4. The molecular weight excluding hydrogens is 272 g/mol. The quantitative estimate of drug-likeness (QED) is 0.781. The number of hydrogen-bond acceptors (Lipinski definition) is 5. The van der Waals surface area contributed by atoms with Gasteiger partial charge in [0.2, 0.25) is 0 Å². The summed E-state index contributed by atoms with van der Waals surface area (Å²) in [4.78, 5) is 5.69. The first-order chi connectivity index (χ1) is 9.81. The molecule has 2 heterocycles. The van der Waals surface area contributed by atoms with Crippen LogP contribution >= 0.6 is 11.3 Å². The Bertz CT molecular complexity index is 672. The Hall–Kier alpha value is -1.85. The maximum atomic E-state index is 5.78. The molecule has 0 bridgehead atoms. The van der Waals surface area contributed by atoms with Gasteiger partial charge in [0, 0.05) is 6.42 Å². The third-order valence-electron chi connectivity index (χ3n) is 3.26. The van der Waals surface area contributed by atoms with Crippen molar-refractivity contribution < 1.29 is 9.15 Å². The molecule has 5 heteroatoms. The number of benzene rings is 1. The molecule has 0 spiro atoms. The van der Waals surface area contributed by atoms with Crippen LogP contribution in [0.25, 0.3) is 11.1 Å². The molecule has 3 rings (SSSR count). The van der Waals surface area contributed by atoms with E-state index in [2.05, 4.69) is 10.3 Å². The molecule has 3 aromatic rings. The van der Waals surface area contributed by atoms with E-state index in [-0.39, 0.29) is 6.04 Å². The Balaban J connectivity index is 1.87. The van der Waals surface area contributed by atoms with E-state index in [1.807, 2.05) is 42.8 Å². The maximum Gasteiger partial charge on any atom is 0.197 e. The lowest BCUT2D eigenvalue weighted by Gasteiger charge is -2.14. The average molecular weight is 288 g/mol. The summed E-state index contributed by atoms with van der Waals surface area (Å²) in [6.45, 7) is 0. The molecule has 0 saturated heterocycles. The van der Waals surface area contributed by atoms with Crippen LogP contribution in [0, 0.1) is 0 Å². The number of aromatic nitrogens is 1. The third-order valence-corrected chi connectivity index (χ3v) is 4.27. The second-order valence-electron chi connectivity index (χ2n) is 4.47. The lowest BCUT2D eigenvalue weighted by atomic mass is 10.1. The highest BCUT2D eigenvalue weighted by Gasteiger charge is 2.19. The van der Waals surface area contributed by atoms with E-state index in [4.69, 9.17) is 9.15 Å². The van der Waals surface area contributed by atoms with Crippen molar-refractivity contribution >= 4 is 22.4 Å². The van der Waals surface area contributed by atoms with Gasteiger partial charge in [-0.25, -0.2) is 4.98 Å². The van der Waals surface area contributed by atoms with E-state index in [0.29, 0.717) is 6.42 Å². The molecule has 1 atom stereocenters. The van der Waals surface area contributed by atoms with Crippen LogP contribution in [-0.2, 0) is 6.42 Å². The molecule has 1 unspecified atom stereocenters. The number of oxazole rings is 1. The molecule has 104 valence electrons. The summed E-state index contributed by atoms with van der Waals surface area (Å²) in [6.07, 6.45) is 0.696. The zero-order chi connectivity index (χ0) is 13.9. The lowest BCUT2D eigenvalue weighted by molar-refractivity contribution is 0.401. The summed E-state index contributed by atoms with van der Waals surface area (Å²) in [5, 5.41) is 5.33. The molecule has 0 amide bonds. The molecule has 0 radical (unpaired) electrons. The molecule has 0 aliphatic carbocycles. The van der Waals surface area contributed by atoms with Crippen LogP contribution in [-0.4, -0.2) is 19.1 Å². The van der Waals surface area contributed by atoms with Crippen molar-refractivity contribution in [2.75, 3.05) is 14.2 Å². The Morgan fingerprint density at radius 3 is 2.95 bits per heavy atom.